The van der Waals surface area contributed by atoms with E-state index in [1.807, 2.05) is 0 Å². The lowest BCUT2D eigenvalue weighted by Gasteiger charge is -2.08. The van der Waals surface area contributed by atoms with Crippen molar-refractivity contribution in [2.24, 2.45) is 0 Å². The van der Waals surface area contributed by atoms with E-state index < -0.39 is 6.10 Å². The molecule has 0 aliphatic heterocycles. The largest absolute Gasteiger partial charge is 0.394 e. The van der Waals surface area contributed by atoms with Crippen molar-refractivity contribution < 1.29 is 14.9 Å². The van der Waals surface area contributed by atoms with E-state index in [0.717, 1.165) is 0 Å². The highest BCUT2D eigenvalue weighted by Gasteiger charge is 2.08. The zero-order valence-corrected chi connectivity index (χ0v) is 9.02. The van der Waals surface area contributed by atoms with Crippen LogP contribution in [-0.2, 0) is 11.5 Å². The van der Waals surface area contributed by atoms with Crippen LogP contribution < -0.4 is 5.73 Å². The van der Waals surface area contributed by atoms with E-state index in [1.165, 1.54) is 11.0 Å². The van der Waals surface area contributed by atoms with Crippen molar-refractivity contribution in [1.82, 2.24) is 19.7 Å². The maximum absolute atomic E-state index is 9.09. The summed E-state index contributed by atoms with van der Waals surface area (Å²) in [5.41, 5.74) is 6.22. The van der Waals surface area contributed by atoms with Crippen LogP contribution >= 0.6 is 0 Å². The van der Waals surface area contributed by atoms with E-state index in [4.69, 9.17) is 20.7 Å². The predicted octanol–water partition coefficient (Wildman–Crippen LogP) is -1.26. The molecular weight excluding hydrogens is 226 g/mol. The first-order valence-corrected chi connectivity index (χ1v) is 5.01. The van der Waals surface area contributed by atoms with Crippen molar-refractivity contribution in [3.05, 3.63) is 12.5 Å². The minimum atomic E-state index is -0.892. The van der Waals surface area contributed by atoms with Gasteiger partial charge in [-0.3, -0.25) is 0 Å². The third-order valence-electron chi connectivity index (χ3n) is 2.20. The topological polar surface area (TPSA) is 119 Å². The first kappa shape index (κ1) is 11.7. The lowest BCUT2D eigenvalue weighted by Crippen LogP contribution is -2.20. The number of aromatic nitrogens is 4. The van der Waals surface area contributed by atoms with Crippen LogP contribution in [0.4, 0.5) is 5.82 Å². The van der Waals surface area contributed by atoms with Crippen molar-refractivity contribution in [3.63, 3.8) is 0 Å². The van der Waals surface area contributed by atoms with Crippen LogP contribution in [0.3, 0.4) is 0 Å². The fourth-order valence-corrected chi connectivity index (χ4v) is 1.33. The molecule has 2 aromatic rings. The van der Waals surface area contributed by atoms with Crippen molar-refractivity contribution in [2.75, 3.05) is 18.9 Å². The minimum absolute atomic E-state index is 0.0262. The number of nitrogens with two attached hydrogens (primary N) is 1. The fraction of sp³-hybridized carbons (Fsp3) is 0.444. The van der Waals surface area contributed by atoms with E-state index in [1.54, 1.807) is 6.20 Å². The Bertz CT molecular complexity index is 500. The summed E-state index contributed by atoms with van der Waals surface area (Å²) in [6.07, 6.45) is 2.01. The Labute approximate surface area is 96.7 Å². The molecule has 0 aliphatic carbocycles. The van der Waals surface area contributed by atoms with Gasteiger partial charge in [0.15, 0.2) is 5.65 Å². The summed E-state index contributed by atoms with van der Waals surface area (Å²) in [5, 5.41) is 22.4. The number of rotatable bonds is 5. The first-order valence-electron chi connectivity index (χ1n) is 5.01. The molecule has 0 amide bonds. The molecule has 0 unspecified atom stereocenters. The molecular formula is C9H13N5O3. The van der Waals surface area contributed by atoms with Crippen LogP contribution in [0.25, 0.3) is 11.0 Å². The van der Waals surface area contributed by atoms with E-state index in [2.05, 4.69) is 15.1 Å². The molecule has 0 radical (unpaired) electrons. The summed E-state index contributed by atoms with van der Waals surface area (Å²) in [4.78, 5) is 7.88. The summed E-state index contributed by atoms with van der Waals surface area (Å²) in [6.45, 7) is -0.190. The van der Waals surface area contributed by atoms with E-state index >= 15 is 0 Å². The molecule has 8 nitrogen and oxygen atoms in total. The van der Waals surface area contributed by atoms with Gasteiger partial charge in [0.05, 0.1) is 24.8 Å². The number of aliphatic hydroxyl groups excluding tert-OH is 2. The lowest BCUT2D eigenvalue weighted by molar-refractivity contribution is -0.0194. The molecule has 8 heteroatoms. The Balaban J connectivity index is 2.07. The molecule has 1 atom stereocenters. The summed E-state index contributed by atoms with van der Waals surface area (Å²) in [6, 6.07) is 0. The van der Waals surface area contributed by atoms with Gasteiger partial charge in [-0.05, 0) is 0 Å². The van der Waals surface area contributed by atoms with Crippen LogP contribution in [0.2, 0.25) is 0 Å². The zero-order valence-electron chi connectivity index (χ0n) is 9.02. The summed E-state index contributed by atoms with van der Waals surface area (Å²) in [7, 11) is 0. The molecule has 92 valence electrons. The number of anilines is 1. The van der Waals surface area contributed by atoms with Gasteiger partial charge >= 0.3 is 0 Å². The van der Waals surface area contributed by atoms with E-state index in [9.17, 15) is 0 Å². The van der Waals surface area contributed by atoms with Gasteiger partial charge in [-0.25, -0.2) is 14.6 Å². The third-order valence-corrected chi connectivity index (χ3v) is 2.20. The standard InChI is InChI=1S/C9H13N5O3/c10-8-7-1-13-14(9(7)12-4-11-8)5-17-3-6(16)2-15/h1,4,6,15-16H,2-3,5H2,(H2,10,11,12)/t6-/m0/s1. The maximum atomic E-state index is 9.09. The van der Waals surface area contributed by atoms with Crippen LogP contribution in [0, 0.1) is 0 Å². The lowest BCUT2D eigenvalue weighted by atomic mass is 10.4. The van der Waals surface area contributed by atoms with Crippen LogP contribution in [-0.4, -0.2) is 49.3 Å². The summed E-state index contributed by atoms with van der Waals surface area (Å²) < 4.78 is 6.67. The average Bonchev–Trinajstić information content (AvgIpc) is 2.74. The van der Waals surface area contributed by atoms with Gasteiger partial charge in [0.25, 0.3) is 0 Å². The fourth-order valence-electron chi connectivity index (χ4n) is 1.33. The van der Waals surface area contributed by atoms with Gasteiger partial charge < -0.3 is 20.7 Å². The number of aliphatic hydroxyl groups is 2. The van der Waals surface area contributed by atoms with Gasteiger partial charge in [-0.15, -0.1) is 0 Å². The molecule has 0 aliphatic rings. The quantitative estimate of drug-likeness (QED) is 0.595. The summed E-state index contributed by atoms with van der Waals surface area (Å²) >= 11 is 0. The Morgan fingerprint density at radius 3 is 3.06 bits per heavy atom. The molecule has 2 aromatic heterocycles. The Hall–Kier alpha value is -1.77. The van der Waals surface area contributed by atoms with Crippen LogP contribution in [0.5, 0.6) is 0 Å². The number of nitrogen functional groups attached to an aromatic ring is 1. The molecule has 4 N–H and O–H groups in total. The van der Waals surface area contributed by atoms with Crippen molar-refractivity contribution in [1.29, 1.82) is 0 Å². The zero-order chi connectivity index (χ0) is 12.3. The number of ether oxygens (including phenoxy) is 1. The Kier molecular flexibility index (Phi) is 3.47. The molecule has 0 saturated carbocycles. The van der Waals surface area contributed by atoms with E-state index in [0.29, 0.717) is 16.9 Å². The number of hydrogen-bond donors (Lipinski definition) is 3. The molecule has 0 bridgehead atoms. The van der Waals surface area contributed by atoms with Crippen molar-refractivity contribution in [3.8, 4) is 0 Å². The van der Waals surface area contributed by atoms with Crippen LogP contribution in [0.1, 0.15) is 0 Å². The van der Waals surface area contributed by atoms with Gasteiger partial charge in [-0.2, -0.15) is 5.10 Å². The van der Waals surface area contributed by atoms with Gasteiger partial charge in [0, 0.05) is 0 Å². The smallest absolute Gasteiger partial charge is 0.165 e. The van der Waals surface area contributed by atoms with E-state index in [-0.39, 0.29) is 19.9 Å². The normalized spacial score (nSPS) is 13.1. The monoisotopic (exact) mass is 239 g/mol. The third kappa shape index (κ3) is 2.49. The molecule has 2 heterocycles. The highest BCUT2D eigenvalue weighted by Crippen LogP contribution is 2.15. The molecule has 0 fully saturated rings. The predicted molar refractivity (Wildman–Crippen MR) is 58.8 cm³/mol. The average molecular weight is 239 g/mol. The molecule has 2 rings (SSSR count). The van der Waals surface area contributed by atoms with Gasteiger partial charge in [0.1, 0.15) is 25.0 Å². The van der Waals surface area contributed by atoms with Crippen LogP contribution in [0.15, 0.2) is 12.5 Å². The minimum Gasteiger partial charge on any atom is -0.394 e. The Morgan fingerprint density at radius 1 is 1.47 bits per heavy atom. The Morgan fingerprint density at radius 2 is 2.29 bits per heavy atom. The number of hydrogen-bond acceptors (Lipinski definition) is 7. The summed E-state index contributed by atoms with van der Waals surface area (Å²) in [5.74, 6) is 0.358. The second-order valence-corrected chi connectivity index (χ2v) is 3.48. The number of fused-ring (bicyclic) bond motifs is 1. The molecule has 17 heavy (non-hydrogen) atoms. The van der Waals surface area contributed by atoms with Crippen molar-refractivity contribution >= 4 is 16.9 Å². The highest BCUT2D eigenvalue weighted by atomic mass is 16.5. The van der Waals surface area contributed by atoms with Gasteiger partial charge in [0.2, 0.25) is 0 Å². The second kappa shape index (κ2) is 5.04. The SMILES string of the molecule is Nc1ncnc2c1cnn2COC[C@@H](O)CO. The van der Waals surface area contributed by atoms with Crippen molar-refractivity contribution in [2.45, 2.75) is 12.8 Å². The number of nitrogens with zero attached hydrogens (tertiary/aromatic N) is 4. The maximum Gasteiger partial charge on any atom is 0.165 e. The highest BCUT2D eigenvalue weighted by molar-refractivity contribution is 5.84. The first-order chi connectivity index (χ1) is 8.22. The molecule has 0 saturated heterocycles. The molecule has 0 aromatic carbocycles. The second-order valence-electron chi connectivity index (χ2n) is 3.48. The molecule has 0 spiro atoms. The van der Waals surface area contributed by atoms with Gasteiger partial charge in [-0.1, -0.05) is 0 Å².